The fraction of sp³-hybridized carbons (Fsp3) is 0.704. The molecule has 4 rings (SSSR count). The average molecular weight is 483 g/mol. The molecule has 2 aromatic rings. The maximum atomic E-state index is 13.6. The van der Waals surface area contributed by atoms with Crippen LogP contribution in [0.1, 0.15) is 86.3 Å². The number of ketones is 1. The van der Waals surface area contributed by atoms with Crippen molar-refractivity contribution < 1.29 is 9.59 Å². The molecule has 1 saturated carbocycles. The van der Waals surface area contributed by atoms with Crippen molar-refractivity contribution in [3.8, 4) is 0 Å². The third kappa shape index (κ3) is 5.85. The molecule has 1 saturated heterocycles. The molecule has 2 fully saturated rings. The van der Waals surface area contributed by atoms with Crippen LogP contribution in [-0.2, 0) is 15.0 Å². The van der Waals surface area contributed by atoms with Gasteiger partial charge in [-0.15, -0.1) is 0 Å². The zero-order valence-corrected chi connectivity index (χ0v) is 22.4. The molecule has 0 unspecified atom stereocenters. The molecule has 3 heterocycles. The largest absolute Gasteiger partial charge is 0.342 e. The van der Waals surface area contributed by atoms with Gasteiger partial charge in [0, 0.05) is 42.2 Å². The van der Waals surface area contributed by atoms with Crippen LogP contribution in [-0.4, -0.2) is 61.4 Å². The summed E-state index contributed by atoms with van der Waals surface area (Å²) in [6.07, 6.45) is 5.87. The number of rotatable bonds is 6. The highest BCUT2D eigenvalue weighted by Crippen LogP contribution is 2.35. The first-order valence-corrected chi connectivity index (χ1v) is 13.0. The van der Waals surface area contributed by atoms with Crippen molar-refractivity contribution in [3.05, 3.63) is 24.0 Å². The van der Waals surface area contributed by atoms with Crippen LogP contribution in [0.25, 0.3) is 5.52 Å². The number of amides is 1. The van der Waals surface area contributed by atoms with Gasteiger partial charge in [-0.05, 0) is 71.4 Å². The fourth-order valence-electron chi connectivity index (χ4n) is 5.70. The second kappa shape index (κ2) is 9.52. The number of Topliss-reactive ketones (excluding diaryl/α,β-unsaturated/α-hetero) is 1. The summed E-state index contributed by atoms with van der Waals surface area (Å²) in [5, 5.41) is 11.9. The number of fused-ring (bicyclic) bond motifs is 1. The van der Waals surface area contributed by atoms with Crippen molar-refractivity contribution in [1.82, 2.24) is 24.8 Å². The number of nitrogens with one attached hydrogen (secondary N) is 2. The average Bonchev–Trinajstić information content (AvgIpc) is 3.32. The Bertz CT molecular complexity index is 1080. The Labute approximate surface area is 209 Å². The molecular formula is C27H42N6O2. The van der Waals surface area contributed by atoms with Crippen LogP contribution in [0.15, 0.2) is 18.3 Å². The minimum Gasteiger partial charge on any atom is -0.342 e. The van der Waals surface area contributed by atoms with Crippen molar-refractivity contribution >= 4 is 23.2 Å². The molecule has 2 N–H and O–H groups in total. The predicted octanol–water partition coefficient (Wildman–Crippen LogP) is 3.94. The SMILES string of the molecule is CC(=O)C[C@@H]1C[C@H](NC(C)(C)C)CC[C@@H]1N1CC[C@H](Nc2nccc3cc(C(C)(C)C)nn23)C1=O. The monoisotopic (exact) mass is 482 g/mol. The van der Waals surface area contributed by atoms with Gasteiger partial charge in [0.1, 0.15) is 11.8 Å². The first-order chi connectivity index (χ1) is 16.3. The molecule has 0 bridgehead atoms. The summed E-state index contributed by atoms with van der Waals surface area (Å²) in [6, 6.07) is 4.16. The van der Waals surface area contributed by atoms with E-state index in [0.29, 0.717) is 25.0 Å². The Balaban J connectivity index is 1.49. The summed E-state index contributed by atoms with van der Waals surface area (Å²) in [7, 11) is 0. The summed E-state index contributed by atoms with van der Waals surface area (Å²) in [6.45, 7) is 15.3. The van der Waals surface area contributed by atoms with Gasteiger partial charge in [-0.25, -0.2) is 9.50 Å². The number of hydrogen-bond donors (Lipinski definition) is 2. The smallest absolute Gasteiger partial charge is 0.245 e. The van der Waals surface area contributed by atoms with Crippen LogP contribution in [0.2, 0.25) is 0 Å². The lowest BCUT2D eigenvalue weighted by Crippen LogP contribution is -2.53. The van der Waals surface area contributed by atoms with Crippen LogP contribution >= 0.6 is 0 Å². The number of aromatic nitrogens is 3. The van der Waals surface area contributed by atoms with E-state index < -0.39 is 0 Å². The lowest BCUT2D eigenvalue weighted by Gasteiger charge is -2.43. The van der Waals surface area contributed by atoms with Crippen LogP contribution in [0.5, 0.6) is 0 Å². The molecule has 0 radical (unpaired) electrons. The maximum Gasteiger partial charge on any atom is 0.245 e. The molecule has 2 aliphatic rings. The van der Waals surface area contributed by atoms with Crippen LogP contribution in [0.4, 0.5) is 5.95 Å². The number of anilines is 1. The van der Waals surface area contributed by atoms with Gasteiger partial charge in [0.2, 0.25) is 11.9 Å². The van der Waals surface area contributed by atoms with Crippen molar-refractivity contribution in [2.75, 3.05) is 11.9 Å². The number of likely N-dealkylation sites (tertiary alicyclic amines) is 1. The standard InChI is InChI=1S/C27H42N6O2/c1-17(34)14-18-15-19(30-27(5,6)7)8-9-22(18)32-13-11-21(24(32)35)29-25-28-12-10-20-16-23(26(2,3)4)31-33(20)25/h10,12,16,18-19,21-22,30H,8-9,11,13-15H2,1-7H3,(H,28,29)/t18-,19-,21+,22+/m1/s1. The van der Waals surface area contributed by atoms with Gasteiger partial charge in [0.15, 0.2) is 0 Å². The molecule has 0 spiro atoms. The van der Waals surface area contributed by atoms with E-state index >= 15 is 0 Å². The summed E-state index contributed by atoms with van der Waals surface area (Å²) in [4.78, 5) is 32.2. The lowest BCUT2D eigenvalue weighted by molar-refractivity contribution is -0.133. The molecule has 4 atom stereocenters. The second-order valence-corrected chi connectivity index (χ2v) is 12.5. The Morgan fingerprint density at radius 1 is 1.14 bits per heavy atom. The summed E-state index contributed by atoms with van der Waals surface area (Å²) in [5.74, 6) is 1.08. The normalized spacial score (nSPS) is 25.9. The Morgan fingerprint density at radius 2 is 1.89 bits per heavy atom. The molecule has 1 aliphatic heterocycles. The maximum absolute atomic E-state index is 13.6. The number of hydrogen-bond acceptors (Lipinski definition) is 6. The van der Waals surface area contributed by atoms with E-state index in [4.69, 9.17) is 5.10 Å². The minimum atomic E-state index is -0.334. The highest BCUT2D eigenvalue weighted by molar-refractivity contribution is 5.87. The van der Waals surface area contributed by atoms with Gasteiger partial charge in [-0.1, -0.05) is 20.8 Å². The molecule has 2 aromatic heterocycles. The van der Waals surface area contributed by atoms with Gasteiger partial charge in [0.05, 0.1) is 11.2 Å². The van der Waals surface area contributed by atoms with Crippen LogP contribution in [0, 0.1) is 5.92 Å². The topological polar surface area (TPSA) is 91.6 Å². The Kier molecular flexibility index (Phi) is 6.97. The van der Waals surface area contributed by atoms with E-state index in [-0.39, 0.29) is 40.6 Å². The summed E-state index contributed by atoms with van der Waals surface area (Å²) in [5.41, 5.74) is 1.90. The first-order valence-electron chi connectivity index (χ1n) is 13.0. The number of nitrogens with zero attached hydrogens (tertiary/aromatic N) is 4. The zero-order valence-electron chi connectivity index (χ0n) is 22.4. The molecular weight excluding hydrogens is 440 g/mol. The third-order valence-corrected chi connectivity index (χ3v) is 7.22. The highest BCUT2D eigenvalue weighted by atomic mass is 16.2. The second-order valence-electron chi connectivity index (χ2n) is 12.5. The number of carbonyl (C=O) groups is 2. The quantitative estimate of drug-likeness (QED) is 0.648. The van der Waals surface area contributed by atoms with E-state index in [1.165, 1.54) is 0 Å². The molecule has 8 nitrogen and oxygen atoms in total. The van der Waals surface area contributed by atoms with E-state index in [1.54, 1.807) is 17.6 Å². The lowest BCUT2D eigenvalue weighted by atomic mass is 9.77. The molecule has 0 aromatic carbocycles. The van der Waals surface area contributed by atoms with Gasteiger partial charge in [0.25, 0.3) is 0 Å². The fourth-order valence-corrected chi connectivity index (χ4v) is 5.70. The van der Waals surface area contributed by atoms with Crippen molar-refractivity contribution in [2.45, 2.75) is 110 Å². The van der Waals surface area contributed by atoms with Crippen LogP contribution < -0.4 is 10.6 Å². The number of carbonyl (C=O) groups excluding carboxylic acids is 2. The molecule has 1 amide bonds. The van der Waals surface area contributed by atoms with Crippen molar-refractivity contribution in [1.29, 1.82) is 0 Å². The van der Waals surface area contributed by atoms with Gasteiger partial charge in [-0.3, -0.25) is 4.79 Å². The van der Waals surface area contributed by atoms with Gasteiger partial charge < -0.3 is 20.3 Å². The van der Waals surface area contributed by atoms with Gasteiger partial charge >= 0.3 is 0 Å². The Morgan fingerprint density at radius 3 is 2.54 bits per heavy atom. The zero-order chi connectivity index (χ0) is 25.5. The van der Waals surface area contributed by atoms with E-state index in [0.717, 1.165) is 36.9 Å². The minimum absolute atomic E-state index is 0.0319. The van der Waals surface area contributed by atoms with Crippen LogP contribution in [0.3, 0.4) is 0 Å². The summed E-state index contributed by atoms with van der Waals surface area (Å²) >= 11 is 0. The van der Waals surface area contributed by atoms with Crippen molar-refractivity contribution in [3.63, 3.8) is 0 Å². The van der Waals surface area contributed by atoms with Crippen molar-refractivity contribution in [2.24, 2.45) is 5.92 Å². The Hall–Kier alpha value is -2.48. The van der Waals surface area contributed by atoms with E-state index in [2.05, 4.69) is 63.2 Å². The highest BCUT2D eigenvalue weighted by Gasteiger charge is 2.42. The molecule has 35 heavy (non-hydrogen) atoms. The first kappa shape index (κ1) is 25.6. The van der Waals surface area contributed by atoms with Gasteiger partial charge in [-0.2, -0.15) is 5.10 Å². The summed E-state index contributed by atoms with van der Waals surface area (Å²) < 4.78 is 1.80. The third-order valence-electron chi connectivity index (χ3n) is 7.22. The predicted molar refractivity (Wildman–Crippen MR) is 139 cm³/mol. The van der Waals surface area contributed by atoms with E-state index in [9.17, 15) is 9.59 Å². The van der Waals surface area contributed by atoms with E-state index in [1.807, 2.05) is 11.0 Å². The molecule has 8 heteroatoms. The molecule has 1 aliphatic carbocycles. The molecule has 192 valence electrons.